The number of esters is 1. The lowest BCUT2D eigenvalue weighted by Gasteiger charge is -2.33. The molecule has 0 radical (unpaired) electrons. The molecule has 2 rings (SSSR count). The highest BCUT2D eigenvalue weighted by atomic mass is 35.5. The number of phenols is 1. The summed E-state index contributed by atoms with van der Waals surface area (Å²) in [6.07, 6.45) is 1.98. The summed E-state index contributed by atoms with van der Waals surface area (Å²) in [4.78, 5) is 14.7. The molecule has 2 aromatic rings. The number of phenolic OH excluding ortho intramolecular Hbond substituents is 1. The van der Waals surface area contributed by atoms with Crippen LogP contribution in [-0.4, -0.2) is 34.6 Å². The maximum Gasteiger partial charge on any atom is 0.311 e. The van der Waals surface area contributed by atoms with Crippen molar-refractivity contribution in [2.45, 2.75) is 78.8 Å². The molecule has 31 heavy (non-hydrogen) atoms. The Morgan fingerprint density at radius 1 is 1.03 bits per heavy atom. The van der Waals surface area contributed by atoms with Gasteiger partial charge < -0.3 is 9.84 Å². The van der Waals surface area contributed by atoms with Gasteiger partial charge in [-0.05, 0) is 77.3 Å². The maximum absolute atomic E-state index is 12.3. The molecule has 0 spiro atoms. The van der Waals surface area contributed by atoms with E-state index in [0.717, 1.165) is 36.1 Å². The molecule has 0 aliphatic carbocycles. The summed E-state index contributed by atoms with van der Waals surface area (Å²) in [6.45, 7) is 13.6. The Morgan fingerprint density at radius 2 is 1.65 bits per heavy atom. The first-order chi connectivity index (χ1) is 14.3. The average Bonchev–Trinajstić information content (AvgIpc) is 2.69. The van der Waals surface area contributed by atoms with Gasteiger partial charge in [-0.1, -0.05) is 37.3 Å². The van der Waals surface area contributed by atoms with Crippen LogP contribution in [0.2, 0.25) is 0 Å². The molecule has 1 atom stereocenters. The third-order valence-electron chi connectivity index (χ3n) is 5.68. The second-order valence-electron chi connectivity index (χ2n) is 8.52. The van der Waals surface area contributed by atoms with Crippen molar-refractivity contribution in [3.8, 4) is 11.5 Å². The van der Waals surface area contributed by atoms with Crippen LogP contribution >= 0.6 is 12.4 Å². The molecule has 5 heteroatoms. The number of carbonyl (C=O) groups excluding carboxylic acids is 1. The van der Waals surface area contributed by atoms with E-state index in [0.29, 0.717) is 24.3 Å². The third-order valence-corrected chi connectivity index (χ3v) is 5.68. The fourth-order valence-electron chi connectivity index (χ4n) is 4.15. The number of carbonyl (C=O) groups is 1. The SMILES string of the molecule is CCCC(=O)Oc1ccc(O)c(C)c1C(CCN(C(C)C)C(C)C)c1ccccc1.Cl. The topological polar surface area (TPSA) is 49.8 Å². The molecule has 1 N–H and O–H groups in total. The molecule has 0 aliphatic rings. The monoisotopic (exact) mass is 447 g/mol. The van der Waals surface area contributed by atoms with Gasteiger partial charge in [-0.3, -0.25) is 9.69 Å². The van der Waals surface area contributed by atoms with E-state index < -0.39 is 0 Å². The Morgan fingerprint density at radius 3 is 2.19 bits per heavy atom. The molecule has 1 unspecified atom stereocenters. The summed E-state index contributed by atoms with van der Waals surface area (Å²) in [5.74, 6) is 0.563. The zero-order valence-electron chi connectivity index (χ0n) is 19.7. The van der Waals surface area contributed by atoms with Gasteiger partial charge in [0.05, 0.1) is 0 Å². The van der Waals surface area contributed by atoms with Crippen molar-refractivity contribution < 1.29 is 14.6 Å². The van der Waals surface area contributed by atoms with Crippen LogP contribution in [0.3, 0.4) is 0 Å². The van der Waals surface area contributed by atoms with E-state index in [1.807, 2.05) is 32.0 Å². The second-order valence-corrected chi connectivity index (χ2v) is 8.52. The Bertz CT molecular complexity index is 813. The number of nitrogens with zero attached hydrogens (tertiary/aromatic N) is 1. The molecule has 0 fully saturated rings. The summed E-state index contributed by atoms with van der Waals surface area (Å²) in [5, 5.41) is 10.5. The van der Waals surface area contributed by atoms with Crippen molar-refractivity contribution in [1.29, 1.82) is 0 Å². The first kappa shape index (κ1) is 27.0. The molecular formula is C26H38ClNO3. The molecule has 0 aliphatic heterocycles. The minimum Gasteiger partial charge on any atom is -0.508 e. The number of halogens is 1. The maximum atomic E-state index is 12.3. The van der Waals surface area contributed by atoms with E-state index >= 15 is 0 Å². The Kier molecular flexibility index (Phi) is 11.1. The number of ether oxygens (including phenoxy) is 1. The van der Waals surface area contributed by atoms with Crippen molar-refractivity contribution in [3.05, 3.63) is 59.2 Å². The van der Waals surface area contributed by atoms with E-state index in [4.69, 9.17) is 4.74 Å². The first-order valence-electron chi connectivity index (χ1n) is 11.1. The van der Waals surface area contributed by atoms with Gasteiger partial charge in [0.25, 0.3) is 0 Å². The van der Waals surface area contributed by atoms with Crippen LogP contribution in [-0.2, 0) is 4.79 Å². The van der Waals surface area contributed by atoms with Crippen LogP contribution < -0.4 is 4.74 Å². The molecule has 0 saturated carbocycles. The summed E-state index contributed by atoms with van der Waals surface area (Å²) >= 11 is 0. The van der Waals surface area contributed by atoms with E-state index in [-0.39, 0.29) is 30.0 Å². The molecule has 172 valence electrons. The van der Waals surface area contributed by atoms with Crippen LogP contribution in [0.1, 0.15) is 76.5 Å². The number of benzene rings is 2. The van der Waals surface area contributed by atoms with Gasteiger partial charge in [0.15, 0.2) is 0 Å². The number of hydrogen-bond donors (Lipinski definition) is 1. The number of rotatable bonds is 10. The van der Waals surface area contributed by atoms with Crippen molar-refractivity contribution in [2.75, 3.05) is 6.54 Å². The number of aromatic hydroxyl groups is 1. The van der Waals surface area contributed by atoms with E-state index in [2.05, 4.69) is 44.7 Å². The van der Waals surface area contributed by atoms with Gasteiger partial charge in [0, 0.05) is 30.0 Å². The van der Waals surface area contributed by atoms with Crippen LogP contribution in [0, 0.1) is 6.92 Å². The van der Waals surface area contributed by atoms with Gasteiger partial charge in [-0.2, -0.15) is 0 Å². The van der Waals surface area contributed by atoms with Crippen LogP contribution in [0.15, 0.2) is 42.5 Å². The normalized spacial score (nSPS) is 12.2. The van der Waals surface area contributed by atoms with Gasteiger partial charge in [-0.15, -0.1) is 12.4 Å². The Labute approximate surface area is 194 Å². The van der Waals surface area contributed by atoms with Gasteiger partial charge in [0.1, 0.15) is 11.5 Å². The highest BCUT2D eigenvalue weighted by Crippen LogP contribution is 2.40. The zero-order valence-corrected chi connectivity index (χ0v) is 20.5. The summed E-state index contributed by atoms with van der Waals surface area (Å²) in [5.41, 5.74) is 2.83. The van der Waals surface area contributed by atoms with Crippen molar-refractivity contribution in [1.82, 2.24) is 4.90 Å². The molecule has 0 heterocycles. The predicted molar refractivity (Wildman–Crippen MR) is 131 cm³/mol. The van der Waals surface area contributed by atoms with Crippen LogP contribution in [0.5, 0.6) is 11.5 Å². The van der Waals surface area contributed by atoms with Crippen molar-refractivity contribution in [3.63, 3.8) is 0 Å². The highest BCUT2D eigenvalue weighted by molar-refractivity contribution is 5.85. The molecule has 4 nitrogen and oxygen atoms in total. The number of hydrogen-bond acceptors (Lipinski definition) is 4. The zero-order chi connectivity index (χ0) is 22.3. The quantitative estimate of drug-likeness (QED) is 0.335. The molecule has 0 amide bonds. The predicted octanol–water partition coefficient (Wildman–Crippen LogP) is 6.47. The summed E-state index contributed by atoms with van der Waals surface area (Å²) in [7, 11) is 0. The first-order valence-corrected chi connectivity index (χ1v) is 11.1. The second kappa shape index (κ2) is 12.7. The Hall–Kier alpha value is -2.04. The smallest absolute Gasteiger partial charge is 0.311 e. The Balaban J connectivity index is 0.00000480. The molecule has 0 bridgehead atoms. The standard InChI is InChI=1S/C26H37NO3.ClH/c1-7-11-25(29)30-24-15-14-23(28)20(6)26(24)22(21-12-9-8-10-13-21)16-17-27(18(2)3)19(4)5;/h8-10,12-15,18-19,22,28H,7,11,16-17H2,1-6H3;1H. The summed E-state index contributed by atoms with van der Waals surface area (Å²) in [6, 6.07) is 14.5. The largest absolute Gasteiger partial charge is 0.508 e. The van der Waals surface area contributed by atoms with E-state index in [9.17, 15) is 9.90 Å². The minimum atomic E-state index is -0.235. The fraction of sp³-hybridized carbons (Fsp3) is 0.500. The van der Waals surface area contributed by atoms with Crippen molar-refractivity contribution in [2.24, 2.45) is 0 Å². The highest BCUT2D eigenvalue weighted by Gasteiger charge is 2.25. The van der Waals surface area contributed by atoms with E-state index in [1.165, 1.54) is 0 Å². The lowest BCUT2D eigenvalue weighted by Crippen LogP contribution is -2.38. The van der Waals surface area contributed by atoms with Gasteiger partial charge in [-0.25, -0.2) is 0 Å². The average molecular weight is 448 g/mol. The molecule has 2 aromatic carbocycles. The molecule has 0 aromatic heterocycles. The van der Waals surface area contributed by atoms with E-state index in [1.54, 1.807) is 12.1 Å². The van der Waals surface area contributed by atoms with Gasteiger partial charge >= 0.3 is 5.97 Å². The minimum absolute atomic E-state index is 0. The molecule has 0 saturated heterocycles. The summed E-state index contributed by atoms with van der Waals surface area (Å²) < 4.78 is 5.76. The van der Waals surface area contributed by atoms with Crippen molar-refractivity contribution >= 4 is 18.4 Å². The fourth-order valence-corrected chi connectivity index (χ4v) is 4.15. The lowest BCUT2D eigenvalue weighted by atomic mass is 9.84. The van der Waals surface area contributed by atoms with Gasteiger partial charge in [0.2, 0.25) is 0 Å². The molecular weight excluding hydrogens is 410 g/mol. The lowest BCUT2D eigenvalue weighted by molar-refractivity contribution is -0.134. The van der Waals surface area contributed by atoms with Crippen LogP contribution in [0.4, 0.5) is 0 Å². The van der Waals surface area contributed by atoms with Crippen LogP contribution in [0.25, 0.3) is 0 Å². The third kappa shape index (κ3) is 7.26.